The maximum Gasteiger partial charge on any atom is 0.0201 e. The van der Waals surface area contributed by atoms with E-state index in [1.807, 2.05) is 0 Å². The molecule has 2 heteroatoms. The molecule has 0 spiro atoms. The Morgan fingerprint density at radius 2 is 1.77 bits per heavy atom. The van der Waals surface area contributed by atoms with Gasteiger partial charge in [0, 0.05) is 19.1 Å². The molecule has 1 aromatic rings. The van der Waals surface area contributed by atoms with Gasteiger partial charge in [-0.05, 0) is 57.2 Å². The van der Waals surface area contributed by atoms with Crippen molar-refractivity contribution in [1.82, 2.24) is 10.2 Å². The summed E-state index contributed by atoms with van der Waals surface area (Å²) >= 11 is 0. The highest BCUT2D eigenvalue weighted by Gasteiger charge is 2.26. The van der Waals surface area contributed by atoms with Crippen LogP contribution in [0.1, 0.15) is 55.6 Å². The van der Waals surface area contributed by atoms with Crippen LogP contribution in [0.3, 0.4) is 0 Å². The monoisotopic (exact) mass is 300 g/mol. The highest BCUT2D eigenvalue weighted by atomic mass is 15.1. The lowest BCUT2D eigenvalue weighted by atomic mass is 9.86. The lowest BCUT2D eigenvalue weighted by molar-refractivity contribution is 0.195. The summed E-state index contributed by atoms with van der Waals surface area (Å²) < 4.78 is 0. The van der Waals surface area contributed by atoms with E-state index in [0.29, 0.717) is 12.0 Å². The van der Waals surface area contributed by atoms with Gasteiger partial charge in [0.2, 0.25) is 0 Å². The van der Waals surface area contributed by atoms with Crippen molar-refractivity contribution in [3.05, 3.63) is 35.4 Å². The van der Waals surface area contributed by atoms with Gasteiger partial charge >= 0.3 is 0 Å². The van der Waals surface area contributed by atoms with Crippen LogP contribution in [0.15, 0.2) is 24.3 Å². The minimum Gasteiger partial charge on any atom is -0.312 e. The number of likely N-dealkylation sites (tertiary alicyclic amines) is 1. The highest BCUT2D eigenvalue weighted by Crippen LogP contribution is 2.28. The molecule has 1 aliphatic carbocycles. The van der Waals surface area contributed by atoms with Crippen LogP contribution in [0.4, 0.5) is 0 Å². The first-order valence-corrected chi connectivity index (χ1v) is 9.19. The summed E-state index contributed by atoms with van der Waals surface area (Å²) in [5, 5.41) is 3.89. The van der Waals surface area contributed by atoms with E-state index in [-0.39, 0.29) is 0 Å². The van der Waals surface area contributed by atoms with E-state index in [4.69, 9.17) is 0 Å². The molecule has 0 aromatic heterocycles. The summed E-state index contributed by atoms with van der Waals surface area (Å²) in [6.07, 6.45) is 8.53. The van der Waals surface area contributed by atoms with Gasteiger partial charge in [0.05, 0.1) is 0 Å². The zero-order chi connectivity index (χ0) is 15.4. The smallest absolute Gasteiger partial charge is 0.0201 e. The van der Waals surface area contributed by atoms with Crippen LogP contribution in [-0.2, 0) is 0 Å². The molecule has 2 atom stereocenters. The van der Waals surface area contributed by atoms with Crippen LogP contribution < -0.4 is 5.32 Å². The SMILES string of the molecule is Cc1ccc(C2CC(NCC3CCCCC3)CN(C)C2)cc1. The zero-order valence-corrected chi connectivity index (χ0v) is 14.4. The van der Waals surface area contributed by atoms with E-state index in [9.17, 15) is 0 Å². The fraction of sp³-hybridized carbons (Fsp3) is 0.700. The predicted molar refractivity (Wildman–Crippen MR) is 94.4 cm³/mol. The highest BCUT2D eigenvalue weighted by molar-refractivity contribution is 5.25. The summed E-state index contributed by atoms with van der Waals surface area (Å²) in [7, 11) is 2.27. The summed E-state index contributed by atoms with van der Waals surface area (Å²) in [5.41, 5.74) is 2.88. The van der Waals surface area contributed by atoms with Crippen molar-refractivity contribution in [1.29, 1.82) is 0 Å². The molecule has 3 rings (SSSR count). The van der Waals surface area contributed by atoms with Crippen LogP contribution in [-0.4, -0.2) is 37.6 Å². The molecule has 1 saturated heterocycles. The van der Waals surface area contributed by atoms with Crippen molar-refractivity contribution in [2.75, 3.05) is 26.7 Å². The Morgan fingerprint density at radius 1 is 1.05 bits per heavy atom. The van der Waals surface area contributed by atoms with E-state index < -0.39 is 0 Å². The quantitative estimate of drug-likeness (QED) is 0.905. The van der Waals surface area contributed by atoms with Crippen LogP contribution in [0, 0.1) is 12.8 Å². The average Bonchev–Trinajstić information content (AvgIpc) is 2.54. The molecule has 2 unspecified atom stereocenters. The van der Waals surface area contributed by atoms with Crippen molar-refractivity contribution in [2.45, 2.75) is 57.4 Å². The lowest BCUT2D eigenvalue weighted by Crippen LogP contribution is -2.48. The van der Waals surface area contributed by atoms with E-state index in [0.717, 1.165) is 5.92 Å². The molecule has 2 aliphatic rings. The van der Waals surface area contributed by atoms with Crippen LogP contribution in [0.5, 0.6) is 0 Å². The third kappa shape index (κ3) is 4.33. The molecule has 0 bridgehead atoms. The van der Waals surface area contributed by atoms with Gasteiger partial charge in [-0.25, -0.2) is 0 Å². The van der Waals surface area contributed by atoms with Crippen LogP contribution in [0.25, 0.3) is 0 Å². The number of hydrogen-bond acceptors (Lipinski definition) is 2. The molecule has 1 aromatic carbocycles. The molecule has 2 fully saturated rings. The number of benzene rings is 1. The Kier molecular flexibility index (Phi) is 5.54. The van der Waals surface area contributed by atoms with E-state index >= 15 is 0 Å². The first-order chi connectivity index (χ1) is 10.7. The molecule has 1 saturated carbocycles. The van der Waals surface area contributed by atoms with Crippen molar-refractivity contribution in [3.8, 4) is 0 Å². The van der Waals surface area contributed by atoms with Crippen molar-refractivity contribution < 1.29 is 0 Å². The summed E-state index contributed by atoms with van der Waals surface area (Å²) in [4.78, 5) is 2.51. The molecule has 2 nitrogen and oxygen atoms in total. The summed E-state index contributed by atoms with van der Waals surface area (Å²) in [5.74, 6) is 1.61. The number of likely N-dealkylation sites (N-methyl/N-ethyl adjacent to an activating group) is 1. The molecule has 1 aliphatic heterocycles. The maximum atomic E-state index is 3.89. The van der Waals surface area contributed by atoms with Crippen LogP contribution >= 0.6 is 0 Å². The van der Waals surface area contributed by atoms with Gasteiger partial charge in [0.1, 0.15) is 0 Å². The van der Waals surface area contributed by atoms with Crippen molar-refractivity contribution in [2.24, 2.45) is 5.92 Å². The molecule has 1 N–H and O–H groups in total. The molecular weight excluding hydrogens is 268 g/mol. The predicted octanol–water partition coefficient (Wildman–Crippen LogP) is 3.95. The van der Waals surface area contributed by atoms with E-state index in [1.165, 1.54) is 69.3 Å². The molecular formula is C20H32N2. The van der Waals surface area contributed by atoms with Crippen molar-refractivity contribution >= 4 is 0 Å². The largest absolute Gasteiger partial charge is 0.312 e. The van der Waals surface area contributed by atoms with E-state index in [2.05, 4.69) is 48.5 Å². The van der Waals surface area contributed by atoms with Gasteiger partial charge in [-0.15, -0.1) is 0 Å². The molecule has 122 valence electrons. The lowest BCUT2D eigenvalue weighted by Gasteiger charge is -2.37. The minimum atomic E-state index is 0.659. The Bertz CT molecular complexity index is 447. The van der Waals surface area contributed by atoms with Gasteiger partial charge in [0.15, 0.2) is 0 Å². The van der Waals surface area contributed by atoms with Crippen molar-refractivity contribution in [3.63, 3.8) is 0 Å². The van der Waals surface area contributed by atoms with Gasteiger partial charge in [-0.1, -0.05) is 49.1 Å². The van der Waals surface area contributed by atoms with Gasteiger partial charge in [0.25, 0.3) is 0 Å². The Labute approximate surface area is 136 Å². The second-order valence-corrected chi connectivity index (χ2v) is 7.67. The first-order valence-electron chi connectivity index (χ1n) is 9.19. The fourth-order valence-electron chi connectivity index (χ4n) is 4.27. The Hall–Kier alpha value is -0.860. The minimum absolute atomic E-state index is 0.659. The van der Waals surface area contributed by atoms with Gasteiger partial charge in [-0.2, -0.15) is 0 Å². The standard InChI is InChI=1S/C20H32N2/c1-16-8-10-18(11-9-16)19-12-20(15-22(2)14-19)21-13-17-6-4-3-5-7-17/h8-11,17,19-21H,3-7,12-15H2,1-2H3. The number of aryl methyl sites for hydroxylation is 1. The first kappa shape index (κ1) is 16.0. The third-order valence-corrected chi connectivity index (χ3v) is 5.60. The van der Waals surface area contributed by atoms with E-state index in [1.54, 1.807) is 0 Å². The Balaban J connectivity index is 1.54. The van der Waals surface area contributed by atoms with Gasteiger partial charge < -0.3 is 10.2 Å². The fourth-order valence-corrected chi connectivity index (χ4v) is 4.27. The zero-order valence-electron chi connectivity index (χ0n) is 14.4. The number of nitrogens with one attached hydrogen (secondary N) is 1. The third-order valence-electron chi connectivity index (χ3n) is 5.60. The summed E-state index contributed by atoms with van der Waals surface area (Å²) in [6, 6.07) is 9.84. The number of rotatable bonds is 4. The second-order valence-electron chi connectivity index (χ2n) is 7.67. The summed E-state index contributed by atoms with van der Waals surface area (Å²) in [6.45, 7) is 5.81. The normalized spacial score (nSPS) is 27.9. The van der Waals surface area contributed by atoms with Crippen LogP contribution in [0.2, 0.25) is 0 Å². The molecule has 0 amide bonds. The number of hydrogen-bond donors (Lipinski definition) is 1. The average molecular weight is 300 g/mol. The molecule has 22 heavy (non-hydrogen) atoms. The second kappa shape index (κ2) is 7.61. The topological polar surface area (TPSA) is 15.3 Å². The molecule has 1 heterocycles. The number of piperidine rings is 1. The number of nitrogens with zero attached hydrogens (tertiary/aromatic N) is 1. The maximum absolute atomic E-state index is 3.89. The molecule has 0 radical (unpaired) electrons. The van der Waals surface area contributed by atoms with Gasteiger partial charge in [-0.3, -0.25) is 0 Å². The Morgan fingerprint density at radius 3 is 2.50 bits per heavy atom.